The first kappa shape index (κ1) is 17.5. The summed E-state index contributed by atoms with van der Waals surface area (Å²) in [5.74, 6) is 0.845. The molecule has 0 aliphatic carbocycles. The summed E-state index contributed by atoms with van der Waals surface area (Å²) >= 11 is 1.30. The number of rotatable bonds is 5. The van der Waals surface area contributed by atoms with Crippen LogP contribution in [-0.2, 0) is 4.79 Å². The summed E-state index contributed by atoms with van der Waals surface area (Å²) in [6.45, 7) is 2.05. The molecule has 27 heavy (non-hydrogen) atoms. The summed E-state index contributed by atoms with van der Waals surface area (Å²) in [6, 6.07) is 13.4. The van der Waals surface area contributed by atoms with Crippen LogP contribution in [0.25, 0.3) is 0 Å². The van der Waals surface area contributed by atoms with Crippen molar-refractivity contribution >= 4 is 23.4 Å². The fraction of sp³-hybridized carbons (Fsp3) is 0.200. The monoisotopic (exact) mass is 378 g/mol. The maximum atomic E-state index is 12.9. The normalized spacial score (nSPS) is 16.4. The van der Waals surface area contributed by atoms with Crippen molar-refractivity contribution in [3.8, 4) is 0 Å². The first-order valence-electron chi connectivity index (χ1n) is 8.60. The lowest BCUT2D eigenvalue weighted by molar-refractivity contribution is -0.130. The van der Waals surface area contributed by atoms with Gasteiger partial charge in [-0.05, 0) is 30.7 Å². The van der Waals surface area contributed by atoms with Gasteiger partial charge in [-0.2, -0.15) is 5.10 Å². The molecule has 6 nitrogen and oxygen atoms in total. The molecule has 7 heteroatoms. The highest BCUT2D eigenvalue weighted by Crippen LogP contribution is 2.33. The average Bonchev–Trinajstić information content (AvgIpc) is 3.37. The lowest BCUT2D eigenvalue weighted by atomic mass is 10.0. The summed E-state index contributed by atoms with van der Waals surface area (Å²) in [6.07, 6.45) is 5.56. The fourth-order valence-electron chi connectivity index (χ4n) is 2.92. The Morgan fingerprint density at radius 1 is 1.19 bits per heavy atom. The Bertz CT molecular complexity index is 940. The molecule has 1 aromatic carbocycles. The van der Waals surface area contributed by atoms with E-state index in [4.69, 9.17) is 4.42 Å². The molecule has 0 fully saturated rings. The number of hydrazone groups is 1. The van der Waals surface area contributed by atoms with Crippen LogP contribution >= 0.6 is 11.8 Å². The van der Waals surface area contributed by atoms with Gasteiger partial charge in [-0.15, -0.1) is 0 Å². The Hall–Kier alpha value is -2.93. The number of amides is 1. The third kappa shape index (κ3) is 3.93. The fourth-order valence-corrected chi connectivity index (χ4v) is 3.57. The van der Waals surface area contributed by atoms with Crippen molar-refractivity contribution in [2.75, 3.05) is 5.75 Å². The van der Waals surface area contributed by atoms with E-state index < -0.39 is 0 Å². The van der Waals surface area contributed by atoms with Crippen molar-refractivity contribution in [1.82, 2.24) is 15.0 Å². The first-order chi connectivity index (χ1) is 13.2. The highest BCUT2D eigenvalue weighted by molar-refractivity contribution is 7.99. The van der Waals surface area contributed by atoms with Crippen LogP contribution in [0.1, 0.15) is 29.3 Å². The molecule has 0 saturated carbocycles. The van der Waals surface area contributed by atoms with Crippen LogP contribution < -0.4 is 0 Å². The van der Waals surface area contributed by atoms with E-state index in [0.717, 1.165) is 17.0 Å². The van der Waals surface area contributed by atoms with Crippen LogP contribution in [0.2, 0.25) is 0 Å². The number of carbonyl (C=O) groups excluding carboxylic acids is 1. The van der Waals surface area contributed by atoms with Gasteiger partial charge < -0.3 is 4.42 Å². The van der Waals surface area contributed by atoms with Crippen molar-refractivity contribution in [1.29, 1.82) is 0 Å². The molecule has 0 unspecified atom stereocenters. The summed E-state index contributed by atoms with van der Waals surface area (Å²) in [4.78, 5) is 21.1. The van der Waals surface area contributed by atoms with Crippen LogP contribution in [0.5, 0.6) is 0 Å². The van der Waals surface area contributed by atoms with Crippen LogP contribution in [0.3, 0.4) is 0 Å². The van der Waals surface area contributed by atoms with Gasteiger partial charge in [-0.1, -0.05) is 41.6 Å². The topological polar surface area (TPSA) is 71.6 Å². The zero-order chi connectivity index (χ0) is 18.6. The Balaban J connectivity index is 1.55. The largest absolute Gasteiger partial charge is 0.467 e. The second kappa shape index (κ2) is 7.75. The molecule has 0 N–H and O–H groups in total. The van der Waals surface area contributed by atoms with Gasteiger partial charge in [0, 0.05) is 18.8 Å². The zero-order valence-electron chi connectivity index (χ0n) is 14.8. The molecule has 1 atom stereocenters. The molecule has 3 heterocycles. The Kier molecular flexibility index (Phi) is 5.02. The van der Waals surface area contributed by atoms with E-state index >= 15 is 0 Å². The molecule has 1 aliphatic rings. The van der Waals surface area contributed by atoms with Crippen molar-refractivity contribution in [3.63, 3.8) is 0 Å². The predicted octanol–water partition coefficient (Wildman–Crippen LogP) is 3.85. The van der Waals surface area contributed by atoms with Gasteiger partial charge in [0.2, 0.25) is 0 Å². The predicted molar refractivity (Wildman–Crippen MR) is 103 cm³/mol. The number of nitrogens with zero attached hydrogens (tertiary/aromatic N) is 4. The maximum Gasteiger partial charge on any atom is 0.253 e. The molecule has 0 spiro atoms. The molecule has 0 bridgehead atoms. The van der Waals surface area contributed by atoms with E-state index in [9.17, 15) is 4.79 Å². The van der Waals surface area contributed by atoms with E-state index in [0.29, 0.717) is 11.6 Å². The minimum atomic E-state index is -0.235. The molecule has 4 rings (SSSR count). The van der Waals surface area contributed by atoms with Gasteiger partial charge in [0.15, 0.2) is 5.16 Å². The van der Waals surface area contributed by atoms with Crippen LogP contribution in [0, 0.1) is 6.92 Å². The number of benzene rings is 1. The number of aromatic nitrogens is 2. The molecule has 1 aliphatic heterocycles. The molecule has 2 aromatic heterocycles. The second-order valence-corrected chi connectivity index (χ2v) is 7.15. The van der Waals surface area contributed by atoms with Crippen LogP contribution in [0.4, 0.5) is 0 Å². The van der Waals surface area contributed by atoms with E-state index in [1.54, 1.807) is 24.7 Å². The standard InChI is InChI=1S/C20H18N4O2S/c1-14-5-7-15(8-6-14)16-12-17(18-4-2-11-26-18)24(23-16)19(25)13-27-20-21-9-3-10-22-20/h2-11,17H,12-13H2,1H3/t17-/m0/s1. The van der Waals surface area contributed by atoms with Crippen molar-refractivity contribution in [3.05, 3.63) is 78.0 Å². The van der Waals surface area contributed by atoms with E-state index in [2.05, 4.69) is 15.1 Å². The van der Waals surface area contributed by atoms with Crippen LogP contribution in [-0.4, -0.2) is 32.3 Å². The maximum absolute atomic E-state index is 12.9. The number of hydrogen-bond donors (Lipinski definition) is 0. The van der Waals surface area contributed by atoms with Gasteiger partial charge >= 0.3 is 0 Å². The third-order valence-electron chi connectivity index (χ3n) is 4.29. The van der Waals surface area contributed by atoms with Crippen LogP contribution in [0.15, 0.2) is 75.8 Å². The lowest BCUT2D eigenvalue weighted by Crippen LogP contribution is -2.28. The SMILES string of the molecule is Cc1ccc(C2=NN(C(=O)CSc3ncccn3)[C@H](c3ccco3)C2)cc1. The zero-order valence-corrected chi connectivity index (χ0v) is 15.6. The lowest BCUT2D eigenvalue weighted by Gasteiger charge is -2.19. The quantitative estimate of drug-likeness (QED) is 0.498. The van der Waals surface area contributed by atoms with Gasteiger partial charge in [0.25, 0.3) is 5.91 Å². The number of aryl methyl sites for hydroxylation is 1. The van der Waals surface area contributed by atoms with Crippen molar-refractivity contribution < 1.29 is 9.21 Å². The minimum Gasteiger partial charge on any atom is -0.467 e. The number of thioether (sulfide) groups is 1. The molecule has 1 amide bonds. The number of hydrogen-bond acceptors (Lipinski definition) is 6. The van der Waals surface area contributed by atoms with E-state index in [1.165, 1.54) is 22.3 Å². The highest BCUT2D eigenvalue weighted by Gasteiger charge is 2.34. The second-order valence-electron chi connectivity index (χ2n) is 6.21. The minimum absolute atomic E-state index is 0.101. The first-order valence-corrected chi connectivity index (χ1v) is 9.59. The average molecular weight is 378 g/mol. The summed E-state index contributed by atoms with van der Waals surface area (Å²) in [5, 5.41) is 6.73. The third-order valence-corrected chi connectivity index (χ3v) is 5.15. The summed E-state index contributed by atoms with van der Waals surface area (Å²) in [5.41, 5.74) is 3.09. The summed E-state index contributed by atoms with van der Waals surface area (Å²) < 4.78 is 5.57. The molecular formula is C20H18N4O2S. The van der Waals surface area contributed by atoms with Crippen molar-refractivity contribution in [2.24, 2.45) is 5.10 Å². The molecule has 0 saturated heterocycles. The number of carbonyl (C=O) groups is 1. The molecule has 3 aromatic rings. The Labute approximate surface area is 161 Å². The molecular weight excluding hydrogens is 360 g/mol. The highest BCUT2D eigenvalue weighted by atomic mass is 32.2. The van der Waals surface area contributed by atoms with Gasteiger partial charge in [-0.3, -0.25) is 4.79 Å². The van der Waals surface area contributed by atoms with Gasteiger partial charge in [0.1, 0.15) is 11.8 Å². The molecule has 0 radical (unpaired) electrons. The summed E-state index contributed by atoms with van der Waals surface area (Å²) in [7, 11) is 0. The van der Waals surface area contributed by atoms with Gasteiger partial charge in [0.05, 0.1) is 17.7 Å². The Morgan fingerprint density at radius 2 is 1.96 bits per heavy atom. The van der Waals surface area contributed by atoms with E-state index in [1.807, 2.05) is 43.3 Å². The number of furan rings is 1. The Morgan fingerprint density at radius 3 is 2.67 bits per heavy atom. The van der Waals surface area contributed by atoms with Gasteiger partial charge in [-0.25, -0.2) is 15.0 Å². The smallest absolute Gasteiger partial charge is 0.253 e. The van der Waals surface area contributed by atoms with Crippen molar-refractivity contribution in [2.45, 2.75) is 24.5 Å². The van der Waals surface area contributed by atoms with E-state index in [-0.39, 0.29) is 17.7 Å². The molecule has 136 valence electrons.